The van der Waals surface area contributed by atoms with Gasteiger partial charge in [0.15, 0.2) is 0 Å². The van der Waals surface area contributed by atoms with Gasteiger partial charge in [-0.25, -0.2) is 4.98 Å². The first-order chi connectivity index (χ1) is 15.1. The van der Waals surface area contributed by atoms with Crippen molar-refractivity contribution in [3.8, 4) is 11.4 Å². The van der Waals surface area contributed by atoms with Gasteiger partial charge in [-0.15, -0.1) is 0 Å². The lowest BCUT2D eigenvalue weighted by molar-refractivity contribution is 0.0769. The Hall–Kier alpha value is -3.77. The molecule has 0 fully saturated rings. The monoisotopic (exact) mass is 431 g/mol. The van der Waals surface area contributed by atoms with E-state index in [1.807, 2.05) is 48.5 Å². The molecule has 31 heavy (non-hydrogen) atoms. The summed E-state index contributed by atoms with van der Waals surface area (Å²) < 4.78 is 11.0. The number of fused-ring (bicyclic) bond motifs is 1. The number of allylic oxidation sites excluding steroid dienone is 1. The lowest BCUT2D eigenvalue weighted by Crippen LogP contribution is -2.10. The highest BCUT2D eigenvalue weighted by molar-refractivity contribution is 6.31. The molecule has 1 aliphatic rings. The smallest absolute Gasteiger partial charge is 0.248 e. The average Bonchev–Trinajstić information content (AvgIpc) is 3.45. The van der Waals surface area contributed by atoms with E-state index in [0.717, 1.165) is 22.2 Å². The van der Waals surface area contributed by atoms with E-state index in [1.54, 1.807) is 24.5 Å². The van der Waals surface area contributed by atoms with Crippen LogP contribution in [0, 0.1) is 0 Å². The number of aromatic amines is 1. The number of nitrogens with zero attached hydrogens (tertiary/aromatic N) is 1. The van der Waals surface area contributed by atoms with Gasteiger partial charge in [-0.2, -0.15) is 0 Å². The number of carbonyl (C=O) groups is 1. The van der Waals surface area contributed by atoms with Crippen molar-refractivity contribution >= 4 is 28.5 Å². The van der Waals surface area contributed by atoms with Crippen LogP contribution in [0.25, 0.3) is 22.4 Å². The minimum Gasteiger partial charge on any atom is -0.462 e. The largest absolute Gasteiger partial charge is 0.462 e. The minimum atomic E-state index is -0.478. The predicted octanol–water partition coefficient (Wildman–Crippen LogP) is 4.96. The van der Waals surface area contributed by atoms with Crippen LogP contribution in [-0.2, 0) is 9.47 Å². The highest BCUT2D eigenvalue weighted by Gasteiger charge is 2.26. The Morgan fingerprint density at radius 1 is 1.10 bits per heavy atom. The SMILES string of the molecule is NC(=O)c1ccc2[nH]c(-c3ccc(C(C4=COCO4)c4ccccc4Cl)cc3)nc2c1. The van der Waals surface area contributed by atoms with Crippen LogP contribution in [0.5, 0.6) is 0 Å². The van der Waals surface area contributed by atoms with Gasteiger partial charge < -0.3 is 20.2 Å². The summed E-state index contributed by atoms with van der Waals surface area (Å²) in [6, 6.07) is 20.9. The third-order valence-corrected chi connectivity index (χ3v) is 5.62. The topological polar surface area (TPSA) is 90.2 Å². The zero-order valence-electron chi connectivity index (χ0n) is 16.3. The fourth-order valence-corrected chi connectivity index (χ4v) is 3.98. The molecule has 0 bridgehead atoms. The molecular weight excluding hydrogens is 414 g/mol. The number of imidazole rings is 1. The Morgan fingerprint density at radius 2 is 1.90 bits per heavy atom. The van der Waals surface area contributed by atoms with E-state index < -0.39 is 5.91 Å². The lowest BCUT2D eigenvalue weighted by Gasteiger charge is -2.19. The number of carbonyl (C=O) groups excluding carboxylic acids is 1. The van der Waals surface area contributed by atoms with E-state index in [2.05, 4.69) is 9.97 Å². The summed E-state index contributed by atoms with van der Waals surface area (Å²) in [6.07, 6.45) is 1.64. The summed E-state index contributed by atoms with van der Waals surface area (Å²) in [6.45, 7) is 0.195. The number of hydrogen-bond acceptors (Lipinski definition) is 4. The van der Waals surface area contributed by atoms with Crippen molar-refractivity contribution in [2.45, 2.75) is 5.92 Å². The van der Waals surface area contributed by atoms with Crippen molar-refractivity contribution in [1.82, 2.24) is 9.97 Å². The molecule has 1 amide bonds. The van der Waals surface area contributed by atoms with E-state index in [-0.39, 0.29) is 12.7 Å². The molecule has 6 nitrogen and oxygen atoms in total. The zero-order chi connectivity index (χ0) is 21.4. The van der Waals surface area contributed by atoms with Crippen LogP contribution in [0.3, 0.4) is 0 Å². The Labute approximate surface area is 183 Å². The average molecular weight is 432 g/mol. The fraction of sp³-hybridized carbons (Fsp3) is 0.0833. The maximum atomic E-state index is 11.4. The van der Waals surface area contributed by atoms with E-state index in [0.29, 0.717) is 27.7 Å². The van der Waals surface area contributed by atoms with Crippen LogP contribution in [-0.4, -0.2) is 22.7 Å². The molecule has 2 heterocycles. The van der Waals surface area contributed by atoms with E-state index in [4.69, 9.17) is 26.8 Å². The molecule has 3 aromatic carbocycles. The van der Waals surface area contributed by atoms with Crippen LogP contribution in [0.1, 0.15) is 27.4 Å². The van der Waals surface area contributed by atoms with Crippen LogP contribution in [0.2, 0.25) is 5.02 Å². The second-order valence-corrected chi connectivity index (χ2v) is 7.61. The van der Waals surface area contributed by atoms with Gasteiger partial charge in [0.25, 0.3) is 0 Å². The summed E-state index contributed by atoms with van der Waals surface area (Å²) in [4.78, 5) is 19.3. The standard InChI is InChI=1S/C24H18ClN3O3/c25-18-4-2-1-3-17(18)22(21-12-30-13-31-21)14-5-7-15(8-6-14)24-27-19-10-9-16(23(26)29)11-20(19)28-24/h1-12,22H,13H2,(H2,26,29)(H,27,28). The number of halogens is 1. The number of benzene rings is 3. The molecule has 0 spiro atoms. The molecule has 0 saturated carbocycles. The van der Waals surface area contributed by atoms with E-state index >= 15 is 0 Å². The third kappa shape index (κ3) is 3.62. The van der Waals surface area contributed by atoms with Crippen LogP contribution >= 0.6 is 11.6 Å². The van der Waals surface area contributed by atoms with Crippen molar-refractivity contribution in [2.24, 2.45) is 5.73 Å². The third-order valence-electron chi connectivity index (χ3n) is 5.28. The summed E-state index contributed by atoms with van der Waals surface area (Å²) in [5.41, 5.74) is 10.2. The van der Waals surface area contributed by atoms with Gasteiger partial charge in [-0.1, -0.05) is 54.1 Å². The molecule has 0 aliphatic carbocycles. The first-order valence-electron chi connectivity index (χ1n) is 9.69. The fourth-order valence-electron chi connectivity index (χ4n) is 3.74. The number of ether oxygens (including phenoxy) is 2. The first kappa shape index (κ1) is 19.2. The number of nitrogens with two attached hydrogens (primary N) is 1. The number of aromatic nitrogens is 2. The van der Waals surface area contributed by atoms with Crippen LogP contribution < -0.4 is 5.73 Å². The van der Waals surface area contributed by atoms with Gasteiger partial charge in [0.2, 0.25) is 12.7 Å². The molecular formula is C24H18ClN3O3. The molecule has 1 aromatic heterocycles. The van der Waals surface area contributed by atoms with Crippen molar-refractivity contribution in [1.29, 1.82) is 0 Å². The zero-order valence-corrected chi connectivity index (χ0v) is 17.1. The summed E-state index contributed by atoms with van der Waals surface area (Å²) in [5.74, 6) is 0.758. The second kappa shape index (κ2) is 7.81. The highest BCUT2D eigenvalue weighted by Crippen LogP contribution is 2.38. The van der Waals surface area contributed by atoms with Gasteiger partial charge >= 0.3 is 0 Å². The number of rotatable bonds is 5. The number of H-pyrrole nitrogens is 1. The number of hydrogen-bond donors (Lipinski definition) is 2. The van der Waals surface area contributed by atoms with Gasteiger partial charge in [-0.3, -0.25) is 4.79 Å². The van der Waals surface area contributed by atoms with Crippen molar-refractivity contribution in [3.63, 3.8) is 0 Å². The van der Waals surface area contributed by atoms with Crippen molar-refractivity contribution < 1.29 is 14.3 Å². The Balaban J connectivity index is 1.51. The highest BCUT2D eigenvalue weighted by atomic mass is 35.5. The molecule has 7 heteroatoms. The molecule has 1 atom stereocenters. The van der Waals surface area contributed by atoms with Crippen LogP contribution in [0.15, 0.2) is 78.8 Å². The van der Waals surface area contributed by atoms with Crippen LogP contribution in [0.4, 0.5) is 0 Å². The van der Waals surface area contributed by atoms with Gasteiger partial charge in [-0.05, 0) is 35.4 Å². The van der Waals surface area contributed by atoms with E-state index in [9.17, 15) is 4.79 Å². The molecule has 0 radical (unpaired) electrons. The molecule has 154 valence electrons. The normalized spacial score (nSPS) is 14.0. The molecule has 4 aromatic rings. The quantitative estimate of drug-likeness (QED) is 0.467. The maximum absolute atomic E-state index is 11.4. The van der Waals surface area contributed by atoms with Crippen molar-refractivity contribution in [2.75, 3.05) is 6.79 Å². The summed E-state index contributed by atoms with van der Waals surface area (Å²) >= 11 is 6.48. The number of primary amides is 1. The Kier molecular flexibility index (Phi) is 4.84. The van der Waals surface area contributed by atoms with Gasteiger partial charge in [0, 0.05) is 16.1 Å². The molecule has 1 aliphatic heterocycles. The minimum absolute atomic E-state index is 0.181. The number of nitrogens with one attached hydrogen (secondary N) is 1. The maximum Gasteiger partial charge on any atom is 0.248 e. The second-order valence-electron chi connectivity index (χ2n) is 7.21. The molecule has 5 rings (SSSR count). The summed E-state index contributed by atoms with van der Waals surface area (Å²) in [7, 11) is 0. The van der Waals surface area contributed by atoms with Crippen molar-refractivity contribution in [3.05, 3.63) is 100 Å². The first-order valence-corrected chi connectivity index (χ1v) is 10.1. The Morgan fingerprint density at radius 3 is 2.61 bits per heavy atom. The van der Waals surface area contributed by atoms with Gasteiger partial charge in [0.05, 0.1) is 17.0 Å². The van der Waals surface area contributed by atoms with E-state index in [1.165, 1.54) is 0 Å². The molecule has 3 N–H and O–H groups in total. The number of amides is 1. The van der Waals surface area contributed by atoms with Gasteiger partial charge in [0.1, 0.15) is 17.8 Å². The molecule has 1 unspecified atom stereocenters. The molecule has 0 saturated heterocycles. The summed E-state index contributed by atoms with van der Waals surface area (Å²) in [5, 5.41) is 0.663. The Bertz CT molecular complexity index is 1310. The predicted molar refractivity (Wildman–Crippen MR) is 118 cm³/mol. The lowest BCUT2D eigenvalue weighted by atomic mass is 9.89.